The van der Waals surface area contributed by atoms with Crippen LogP contribution in [0.25, 0.3) is 5.69 Å². The number of halogens is 1. The van der Waals surface area contributed by atoms with Gasteiger partial charge in [0.15, 0.2) is 0 Å². The molecule has 0 aliphatic rings. The number of aromatic nitrogens is 2. The molecule has 3 aromatic rings. The Morgan fingerprint density at radius 1 is 1.18 bits per heavy atom. The van der Waals surface area contributed by atoms with Crippen LogP contribution in [0, 0.1) is 0 Å². The Kier molecular flexibility index (Phi) is 3.93. The Labute approximate surface area is 135 Å². The molecule has 0 spiro atoms. The van der Waals surface area contributed by atoms with Crippen molar-refractivity contribution in [2.45, 2.75) is 0 Å². The fourth-order valence-corrected chi connectivity index (χ4v) is 2.35. The zero-order valence-corrected chi connectivity index (χ0v) is 13.0. The third-order valence-electron chi connectivity index (χ3n) is 3.14. The molecule has 2 aromatic carbocycles. The minimum Gasteiger partial charge on any atom is -0.506 e. The molecular weight excluding hydrogens is 346 g/mol. The second-order valence-corrected chi connectivity index (χ2v) is 5.55. The van der Waals surface area contributed by atoms with Crippen molar-refractivity contribution in [3.8, 4) is 11.4 Å². The van der Waals surface area contributed by atoms with Crippen molar-refractivity contribution in [1.29, 1.82) is 0 Å². The molecule has 0 saturated heterocycles. The van der Waals surface area contributed by atoms with Crippen LogP contribution in [-0.2, 0) is 0 Å². The SMILES string of the molecule is O=C(Nc1ccc(Br)cc1O)c1ccc(-n2ccnc2)cc1. The predicted octanol–water partition coefficient (Wildman–Crippen LogP) is 3.59. The smallest absolute Gasteiger partial charge is 0.255 e. The summed E-state index contributed by atoms with van der Waals surface area (Å²) in [6, 6.07) is 12.0. The van der Waals surface area contributed by atoms with Gasteiger partial charge in [0.2, 0.25) is 0 Å². The number of amides is 1. The van der Waals surface area contributed by atoms with Gasteiger partial charge in [-0.15, -0.1) is 0 Å². The summed E-state index contributed by atoms with van der Waals surface area (Å²) in [5.74, 6) is -0.271. The first-order chi connectivity index (χ1) is 10.6. The first-order valence-corrected chi connectivity index (χ1v) is 7.31. The summed E-state index contributed by atoms with van der Waals surface area (Å²) in [4.78, 5) is 16.2. The second-order valence-electron chi connectivity index (χ2n) is 4.63. The Bertz CT molecular complexity index is 799. The molecule has 0 bridgehead atoms. The van der Waals surface area contributed by atoms with Crippen LogP contribution in [0.4, 0.5) is 5.69 Å². The fraction of sp³-hybridized carbons (Fsp3) is 0. The molecule has 1 aromatic heterocycles. The lowest BCUT2D eigenvalue weighted by atomic mass is 10.2. The highest BCUT2D eigenvalue weighted by atomic mass is 79.9. The Morgan fingerprint density at radius 2 is 1.95 bits per heavy atom. The maximum atomic E-state index is 12.2. The highest BCUT2D eigenvalue weighted by molar-refractivity contribution is 9.10. The summed E-state index contributed by atoms with van der Waals surface area (Å²) < 4.78 is 2.59. The van der Waals surface area contributed by atoms with Crippen LogP contribution in [0.1, 0.15) is 10.4 Å². The van der Waals surface area contributed by atoms with Crippen LogP contribution in [0.2, 0.25) is 0 Å². The largest absolute Gasteiger partial charge is 0.506 e. The van der Waals surface area contributed by atoms with Gasteiger partial charge in [-0.2, -0.15) is 0 Å². The highest BCUT2D eigenvalue weighted by Crippen LogP contribution is 2.27. The number of phenols is 1. The van der Waals surface area contributed by atoms with E-state index in [1.807, 2.05) is 22.9 Å². The van der Waals surface area contributed by atoms with Crippen molar-refractivity contribution >= 4 is 27.5 Å². The van der Waals surface area contributed by atoms with Gasteiger partial charge in [0.05, 0.1) is 12.0 Å². The summed E-state index contributed by atoms with van der Waals surface area (Å²) in [6.45, 7) is 0. The van der Waals surface area contributed by atoms with Crippen molar-refractivity contribution in [3.05, 3.63) is 71.2 Å². The molecule has 3 rings (SSSR count). The zero-order chi connectivity index (χ0) is 15.5. The minimum atomic E-state index is -0.283. The number of nitrogens with zero attached hydrogens (tertiary/aromatic N) is 2. The summed E-state index contributed by atoms with van der Waals surface area (Å²) in [7, 11) is 0. The van der Waals surface area contributed by atoms with Crippen LogP contribution in [0.15, 0.2) is 65.7 Å². The molecule has 5 nitrogen and oxygen atoms in total. The number of phenolic OH excluding ortho intramolecular Hbond substituents is 1. The summed E-state index contributed by atoms with van der Waals surface area (Å²) in [5.41, 5.74) is 1.79. The number of anilines is 1. The van der Waals surface area contributed by atoms with E-state index < -0.39 is 0 Å². The standard InChI is InChI=1S/C16H12BrN3O2/c17-12-3-6-14(15(21)9-12)19-16(22)11-1-4-13(5-2-11)20-8-7-18-10-20/h1-10,21H,(H,19,22). The lowest BCUT2D eigenvalue weighted by Gasteiger charge is -2.08. The van der Waals surface area contributed by atoms with E-state index in [1.165, 1.54) is 6.07 Å². The van der Waals surface area contributed by atoms with Crippen molar-refractivity contribution in [2.24, 2.45) is 0 Å². The molecule has 0 aliphatic heterocycles. The molecule has 2 N–H and O–H groups in total. The molecular formula is C16H12BrN3O2. The molecule has 110 valence electrons. The van der Waals surface area contributed by atoms with E-state index in [9.17, 15) is 9.90 Å². The van der Waals surface area contributed by atoms with Gasteiger partial charge in [-0.25, -0.2) is 4.98 Å². The first kappa shape index (κ1) is 14.3. The average molecular weight is 358 g/mol. The number of benzene rings is 2. The summed E-state index contributed by atoms with van der Waals surface area (Å²) in [6.07, 6.45) is 5.21. The van der Waals surface area contributed by atoms with Crippen molar-refractivity contribution < 1.29 is 9.90 Å². The zero-order valence-electron chi connectivity index (χ0n) is 11.4. The lowest BCUT2D eigenvalue weighted by molar-refractivity contribution is 0.102. The monoisotopic (exact) mass is 357 g/mol. The van der Waals surface area contributed by atoms with Crippen LogP contribution < -0.4 is 5.32 Å². The predicted molar refractivity (Wildman–Crippen MR) is 87.3 cm³/mol. The molecule has 6 heteroatoms. The van der Waals surface area contributed by atoms with Gasteiger partial charge in [0, 0.05) is 28.1 Å². The number of hydrogen-bond acceptors (Lipinski definition) is 3. The Balaban J connectivity index is 1.77. The maximum absolute atomic E-state index is 12.2. The van der Waals surface area contributed by atoms with Crippen LogP contribution >= 0.6 is 15.9 Å². The molecule has 0 unspecified atom stereocenters. The second kappa shape index (κ2) is 6.03. The number of hydrogen-bond donors (Lipinski definition) is 2. The molecule has 1 heterocycles. The molecule has 0 aliphatic carbocycles. The van der Waals surface area contributed by atoms with Crippen molar-refractivity contribution in [2.75, 3.05) is 5.32 Å². The highest BCUT2D eigenvalue weighted by Gasteiger charge is 2.09. The number of aromatic hydroxyl groups is 1. The van der Waals surface area contributed by atoms with Gasteiger partial charge >= 0.3 is 0 Å². The van der Waals surface area contributed by atoms with Crippen LogP contribution in [0.5, 0.6) is 5.75 Å². The quantitative estimate of drug-likeness (QED) is 0.703. The lowest BCUT2D eigenvalue weighted by Crippen LogP contribution is -2.12. The molecule has 0 saturated carbocycles. The fourth-order valence-electron chi connectivity index (χ4n) is 2.00. The van der Waals surface area contributed by atoms with Gasteiger partial charge in [0.25, 0.3) is 5.91 Å². The van der Waals surface area contributed by atoms with Gasteiger partial charge in [-0.1, -0.05) is 15.9 Å². The topological polar surface area (TPSA) is 67.2 Å². The van der Waals surface area contributed by atoms with E-state index in [-0.39, 0.29) is 11.7 Å². The number of rotatable bonds is 3. The summed E-state index contributed by atoms with van der Waals surface area (Å²) in [5, 5.41) is 12.5. The first-order valence-electron chi connectivity index (χ1n) is 6.52. The van der Waals surface area contributed by atoms with Crippen molar-refractivity contribution in [3.63, 3.8) is 0 Å². The summed E-state index contributed by atoms with van der Waals surface area (Å²) >= 11 is 3.25. The van der Waals surface area contributed by atoms with E-state index in [0.717, 1.165) is 10.2 Å². The normalized spacial score (nSPS) is 10.4. The van der Waals surface area contributed by atoms with Gasteiger partial charge in [-0.05, 0) is 42.5 Å². The van der Waals surface area contributed by atoms with Crippen LogP contribution in [-0.4, -0.2) is 20.6 Å². The molecule has 1 amide bonds. The third-order valence-corrected chi connectivity index (χ3v) is 3.63. The van der Waals surface area contributed by atoms with E-state index in [2.05, 4.69) is 26.2 Å². The average Bonchev–Trinajstić information content (AvgIpc) is 3.04. The minimum absolute atomic E-state index is 0.0118. The Hall–Kier alpha value is -2.60. The van der Waals surface area contributed by atoms with E-state index in [4.69, 9.17) is 0 Å². The number of carbonyl (C=O) groups excluding carboxylic acids is 1. The number of nitrogens with one attached hydrogen (secondary N) is 1. The number of carbonyl (C=O) groups is 1. The Morgan fingerprint density at radius 3 is 2.59 bits per heavy atom. The maximum Gasteiger partial charge on any atom is 0.255 e. The molecule has 0 fully saturated rings. The van der Waals surface area contributed by atoms with Gasteiger partial charge in [0.1, 0.15) is 5.75 Å². The molecule has 22 heavy (non-hydrogen) atoms. The van der Waals surface area contributed by atoms with Gasteiger partial charge in [-0.3, -0.25) is 4.79 Å². The molecule has 0 radical (unpaired) electrons. The van der Waals surface area contributed by atoms with Crippen LogP contribution in [0.3, 0.4) is 0 Å². The van der Waals surface area contributed by atoms with Gasteiger partial charge < -0.3 is 15.0 Å². The van der Waals surface area contributed by atoms with E-state index in [0.29, 0.717) is 11.3 Å². The van der Waals surface area contributed by atoms with Crippen molar-refractivity contribution in [1.82, 2.24) is 9.55 Å². The van der Waals surface area contributed by atoms with E-state index >= 15 is 0 Å². The third kappa shape index (κ3) is 3.01. The number of imidazole rings is 1. The molecule has 0 atom stereocenters. The van der Waals surface area contributed by atoms with E-state index in [1.54, 1.807) is 36.8 Å².